The van der Waals surface area contributed by atoms with Gasteiger partial charge in [0, 0.05) is 27.5 Å². The van der Waals surface area contributed by atoms with Crippen LogP contribution >= 0.6 is 15.9 Å². The van der Waals surface area contributed by atoms with Crippen LogP contribution in [0.4, 0.5) is 5.82 Å². The maximum atomic E-state index is 4.55. The van der Waals surface area contributed by atoms with Crippen molar-refractivity contribution in [2.45, 2.75) is 45.1 Å². The van der Waals surface area contributed by atoms with Crippen LogP contribution in [0.15, 0.2) is 34.9 Å². The van der Waals surface area contributed by atoms with Gasteiger partial charge >= 0.3 is 0 Å². The van der Waals surface area contributed by atoms with Gasteiger partial charge in [-0.05, 0) is 37.8 Å². The summed E-state index contributed by atoms with van der Waals surface area (Å²) in [6.07, 6.45) is 8.76. The Morgan fingerprint density at radius 1 is 1.15 bits per heavy atom. The first-order valence-corrected chi connectivity index (χ1v) is 8.35. The van der Waals surface area contributed by atoms with Gasteiger partial charge in [-0.25, -0.2) is 4.98 Å². The van der Waals surface area contributed by atoms with Gasteiger partial charge in [0.25, 0.3) is 0 Å². The predicted octanol–water partition coefficient (Wildman–Crippen LogP) is 5.38. The molecule has 0 spiro atoms. The lowest BCUT2D eigenvalue weighted by molar-refractivity contribution is 0.328. The largest absolute Gasteiger partial charge is 0.367 e. The number of hydrogen-bond acceptors (Lipinski definition) is 2. The Hall–Kier alpha value is -1.09. The molecule has 3 rings (SSSR count). The van der Waals surface area contributed by atoms with E-state index in [9.17, 15) is 0 Å². The van der Waals surface area contributed by atoms with Crippen LogP contribution in [0, 0.1) is 5.92 Å². The van der Waals surface area contributed by atoms with Crippen LogP contribution in [0.25, 0.3) is 10.8 Å². The van der Waals surface area contributed by atoms with Crippen LogP contribution in [0.5, 0.6) is 0 Å². The number of halogens is 1. The summed E-state index contributed by atoms with van der Waals surface area (Å²) in [6, 6.07) is 8.85. The lowest BCUT2D eigenvalue weighted by Crippen LogP contribution is -2.28. The minimum Gasteiger partial charge on any atom is -0.367 e. The maximum absolute atomic E-state index is 4.55. The second kappa shape index (κ2) is 6.13. The Labute approximate surface area is 129 Å². The van der Waals surface area contributed by atoms with Crippen LogP contribution in [-0.4, -0.2) is 11.0 Å². The van der Waals surface area contributed by atoms with E-state index in [4.69, 9.17) is 0 Å². The molecule has 1 saturated carbocycles. The SMILES string of the molecule is CC(Nc1nccc2c(Br)cccc12)C1CCCCC1. The van der Waals surface area contributed by atoms with Crippen molar-refractivity contribution < 1.29 is 0 Å². The van der Waals surface area contributed by atoms with Crippen LogP contribution in [0.3, 0.4) is 0 Å². The van der Waals surface area contributed by atoms with E-state index in [1.165, 1.54) is 42.9 Å². The first kappa shape index (κ1) is 13.9. The molecule has 0 radical (unpaired) electrons. The third-order valence-electron chi connectivity index (χ3n) is 4.47. The van der Waals surface area contributed by atoms with Crippen LogP contribution in [0.1, 0.15) is 39.0 Å². The summed E-state index contributed by atoms with van der Waals surface area (Å²) in [5, 5.41) is 6.07. The van der Waals surface area contributed by atoms with E-state index in [1.54, 1.807) is 0 Å². The highest BCUT2D eigenvalue weighted by atomic mass is 79.9. The molecule has 20 heavy (non-hydrogen) atoms. The van der Waals surface area contributed by atoms with Gasteiger partial charge in [-0.15, -0.1) is 0 Å². The molecule has 106 valence electrons. The van der Waals surface area contributed by atoms with Crippen LogP contribution < -0.4 is 5.32 Å². The Morgan fingerprint density at radius 2 is 1.95 bits per heavy atom. The van der Waals surface area contributed by atoms with Gasteiger partial charge in [0.2, 0.25) is 0 Å². The van der Waals surface area contributed by atoms with E-state index < -0.39 is 0 Å². The van der Waals surface area contributed by atoms with Gasteiger partial charge in [0.05, 0.1) is 0 Å². The molecule has 0 aliphatic heterocycles. The Kier molecular flexibility index (Phi) is 4.25. The number of nitrogens with one attached hydrogen (secondary N) is 1. The summed E-state index contributed by atoms with van der Waals surface area (Å²) in [5.41, 5.74) is 0. The summed E-state index contributed by atoms with van der Waals surface area (Å²) in [6.45, 7) is 2.30. The predicted molar refractivity (Wildman–Crippen MR) is 89.1 cm³/mol. The number of aromatic nitrogens is 1. The summed E-state index contributed by atoms with van der Waals surface area (Å²) in [7, 11) is 0. The number of anilines is 1. The second-order valence-corrected chi connectivity index (χ2v) is 6.68. The molecule has 2 aromatic rings. The van der Waals surface area contributed by atoms with Crippen molar-refractivity contribution in [3.8, 4) is 0 Å². The summed E-state index contributed by atoms with van der Waals surface area (Å²) < 4.78 is 1.13. The smallest absolute Gasteiger partial charge is 0.134 e. The highest BCUT2D eigenvalue weighted by Crippen LogP contribution is 2.31. The third-order valence-corrected chi connectivity index (χ3v) is 5.17. The van der Waals surface area contributed by atoms with Crippen molar-refractivity contribution in [2.75, 3.05) is 5.32 Å². The number of rotatable bonds is 3. The van der Waals surface area contributed by atoms with Crippen molar-refractivity contribution in [1.82, 2.24) is 4.98 Å². The zero-order valence-corrected chi connectivity index (χ0v) is 13.5. The van der Waals surface area contributed by atoms with Crippen LogP contribution in [-0.2, 0) is 0 Å². The van der Waals surface area contributed by atoms with Gasteiger partial charge in [-0.1, -0.05) is 47.3 Å². The molecule has 0 amide bonds. The Morgan fingerprint density at radius 3 is 2.75 bits per heavy atom. The Bertz CT molecular complexity index is 591. The molecule has 1 aliphatic carbocycles. The maximum Gasteiger partial charge on any atom is 0.134 e. The molecule has 3 heteroatoms. The minimum absolute atomic E-state index is 0.493. The van der Waals surface area contributed by atoms with Gasteiger partial charge in [0.15, 0.2) is 0 Å². The fourth-order valence-electron chi connectivity index (χ4n) is 3.25. The number of pyridine rings is 1. The van der Waals surface area contributed by atoms with Crippen molar-refractivity contribution in [3.05, 3.63) is 34.9 Å². The number of hydrogen-bond donors (Lipinski definition) is 1. The Balaban J connectivity index is 1.85. The van der Waals surface area contributed by atoms with E-state index in [-0.39, 0.29) is 0 Å². The van der Waals surface area contributed by atoms with Crippen LogP contribution in [0.2, 0.25) is 0 Å². The topological polar surface area (TPSA) is 24.9 Å². The highest BCUT2D eigenvalue weighted by Gasteiger charge is 2.20. The van der Waals surface area contributed by atoms with E-state index in [2.05, 4.69) is 57.4 Å². The van der Waals surface area contributed by atoms with Crippen molar-refractivity contribution >= 4 is 32.5 Å². The molecule has 1 aromatic heterocycles. The zero-order chi connectivity index (χ0) is 13.9. The van der Waals surface area contributed by atoms with E-state index in [0.29, 0.717) is 6.04 Å². The van der Waals surface area contributed by atoms with E-state index in [0.717, 1.165) is 16.2 Å². The molecule has 1 fully saturated rings. The molecule has 0 bridgehead atoms. The molecule has 1 atom stereocenters. The summed E-state index contributed by atoms with van der Waals surface area (Å²) in [4.78, 5) is 4.55. The average Bonchev–Trinajstić information content (AvgIpc) is 2.49. The standard InChI is InChI=1S/C17H21BrN2/c1-12(13-6-3-2-4-7-13)20-17-15-8-5-9-16(18)14(15)10-11-19-17/h5,8-13H,2-4,6-7H2,1H3,(H,19,20). The molecule has 1 aromatic carbocycles. The molecule has 2 nitrogen and oxygen atoms in total. The minimum atomic E-state index is 0.493. The average molecular weight is 333 g/mol. The summed E-state index contributed by atoms with van der Waals surface area (Å²) >= 11 is 3.62. The lowest BCUT2D eigenvalue weighted by atomic mass is 9.84. The number of benzene rings is 1. The van der Waals surface area contributed by atoms with Crippen molar-refractivity contribution in [1.29, 1.82) is 0 Å². The van der Waals surface area contributed by atoms with Crippen molar-refractivity contribution in [2.24, 2.45) is 5.92 Å². The van der Waals surface area contributed by atoms with Gasteiger partial charge in [-0.3, -0.25) is 0 Å². The molecule has 1 unspecified atom stereocenters. The monoisotopic (exact) mass is 332 g/mol. The second-order valence-electron chi connectivity index (χ2n) is 5.83. The quantitative estimate of drug-likeness (QED) is 0.816. The third kappa shape index (κ3) is 2.83. The van der Waals surface area contributed by atoms with Crippen molar-refractivity contribution in [3.63, 3.8) is 0 Å². The lowest BCUT2D eigenvalue weighted by Gasteiger charge is -2.29. The van der Waals surface area contributed by atoms with Gasteiger partial charge in [-0.2, -0.15) is 0 Å². The van der Waals surface area contributed by atoms with E-state index in [1.807, 2.05) is 6.20 Å². The first-order valence-electron chi connectivity index (χ1n) is 7.55. The summed E-state index contributed by atoms with van der Waals surface area (Å²) in [5.74, 6) is 1.80. The molecular formula is C17H21BrN2. The van der Waals surface area contributed by atoms with Gasteiger partial charge < -0.3 is 5.32 Å². The fourth-order valence-corrected chi connectivity index (χ4v) is 3.75. The molecule has 1 aliphatic rings. The normalized spacial score (nSPS) is 18.1. The zero-order valence-electron chi connectivity index (χ0n) is 11.9. The van der Waals surface area contributed by atoms with Gasteiger partial charge in [0.1, 0.15) is 5.82 Å². The first-order chi connectivity index (χ1) is 9.75. The van der Waals surface area contributed by atoms with E-state index >= 15 is 0 Å². The molecule has 0 saturated heterocycles. The molecule has 1 heterocycles. The molecule has 1 N–H and O–H groups in total. The molecular weight excluding hydrogens is 312 g/mol. The number of fused-ring (bicyclic) bond motifs is 1. The number of nitrogens with zero attached hydrogens (tertiary/aromatic N) is 1. The fraction of sp³-hybridized carbons (Fsp3) is 0.471. The highest BCUT2D eigenvalue weighted by molar-refractivity contribution is 9.10.